The Morgan fingerprint density at radius 3 is 2.16 bits per heavy atom. The van der Waals surface area contributed by atoms with Crippen molar-refractivity contribution in [1.29, 1.82) is 0 Å². The Labute approximate surface area is 216 Å². The van der Waals surface area contributed by atoms with Crippen LogP contribution in [0.1, 0.15) is 16.7 Å². The molecule has 2 aromatic heterocycles. The van der Waals surface area contributed by atoms with Crippen LogP contribution in [-0.2, 0) is 23.6 Å². The van der Waals surface area contributed by atoms with Crippen molar-refractivity contribution >= 4 is 17.4 Å². The molecule has 1 saturated heterocycles. The molecule has 1 fully saturated rings. The third-order valence-corrected chi connectivity index (χ3v) is 6.28. The molecule has 0 bridgehead atoms. The quantitative estimate of drug-likeness (QED) is 0.273. The predicted octanol–water partition coefficient (Wildman–Crippen LogP) is 6.18. The zero-order valence-electron chi connectivity index (χ0n) is 19.4. The average molecular weight is 558 g/mol. The van der Waals surface area contributed by atoms with Gasteiger partial charge >= 0.3 is 12.4 Å². The lowest BCUT2D eigenvalue weighted by Crippen LogP contribution is -2.38. The molecule has 4 aromatic rings. The number of ether oxygens (including phenoxy) is 1. The van der Waals surface area contributed by atoms with Gasteiger partial charge in [-0.1, -0.05) is 40.2 Å². The summed E-state index contributed by atoms with van der Waals surface area (Å²) in [5.74, 6) is 0.371. The Morgan fingerprint density at radius 1 is 0.868 bits per heavy atom. The number of aromatic nitrogens is 4. The van der Waals surface area contributed by atoms with E-state index in [2.05, 4.69) is 15.5 Å². The van der Waals surface area contributed by atoms with E-state index in [0.717, 1.165) is 0 Å². The van der Waals surface area contributed by atoms with Gasteiger partial charge in [-0.25, -0.2) is 4.68 Å². The molecule has 0 aliphatic carbocycles. The molecule has 0 amide bonds. The number of halogens is 7. The second-order valence-corrected chi connectivity index (χ2v) is 8.90. The standard InChI is InChI=1S/C24H18ClF6N5O2/c25-19-4-2-1-3-17(19)20-18(13-38-33-20)21-22(35-5-7-37-8-6-35)36(34-32-21)12-14-9-15(23(26,27)28)11-16(10-14)24(29,30)31/h1-4,9-11,13H,5-8,12H2. The zero-order valence-corrected chi connectivity index (χ0v) is 20.1. The van der Waals surface area contributed by atoms with Crippen LogP contribution < -0.4 is 4.90 Å². The van der Waals surface area contributed by atoms with Gasteiger partial charge in [0, 0.05) is 18.7 Å². The van der Waals surface area contributed by atoms with Crippen LogP contribution in [0.15, 0.2) is 53.3 Å². The van der Waals surface area contributed by atoms with Gasteiger partial charge in [-0.3, -0.25) is 0 Å². The van der Waals surface area contributed by atoms with Crippen LogP contribution >= 0.6 is 11.6 Å². The van der Waals surface area contributed by atoms with Crippen molar-refractivity contribution in [3.8, 4) is 22.5 Å². The summed E-state index contributed by atoms with van der Waals surface area (Å²) in [5, 5.41) is 12.8. The highest BCUT2D eigenvalue weighted by atomic mass is 35.5. The van der Waals surface area contributed by atoms with E-state index in [-0.39, 0.29) is 17.3 Å². The molecule has 0 radical (unpaired) electrons. The van der Waals surface area contributed by atoms with Crippen LogP contribution in [0, 0.1) is 0 Å². The first kappa shape index (κ1) is 26.0. The van der Waals surface area contributed by atoms with E-state index in [1.807, 2.05) is 4.90 Å². The average Bonchev–Trinajstić information content (AvgIpc) is 3.51. The summed E-state index contributed by atoms with van der Waals surface area (Å²) < 4.78 is 92.4. The van der Waals surface area contributed by atoms with Crippen molar-refractivity contribution in [2.24, 2.45) is 0 Å². The first-order valence-corrected chi connectivity index (χ1v) is 11.6. The van der Waals surface area contributed by atoms with Crippen molar-refractivity contribution in [1.82, 2.24) is 20.2 Å². The second-order valence-electron chi connectivity index (χ2n) is 8.49. The Hall–Kier alpha value is -3.58. The van der Waals surface area contributed by atoms with Crippen LogP contribution in [0.3, 0.4) is 0 Å². The number of morpholine rings is 1. The van der Waals surface area contributed by atoms with Gasteiger partial charge in [0.2, 0.25) is 0 Å². The molecule has 2 aromatic carbocycles. The molecule has 0 atom stereocenters. The normalized spacial score (nSPS) is 14.8. The lowest BCUT2D eigenvalue weighted by molar-refractivity contribution is -0.143. The van der Waals surface area contributed by atoms with Crippen molar-refractivity contribution in [3.63, 3.8) is 0 Å². The fourth-order valence-electron chi connectivity index (χ4n) is 4.21. The van der Waals surface area contributed by atoms with E-state index in [9.17, 15) is 26.3 Å². The van der Waals surface area contributed by atoms with E-state index in [1.54, 1.807) is 24.3 Å². The summed E-state index contributed by atoms with van der Waals surface area (Å²) in [5.41, 5.74) is -1.46. The number of alkyl halides is 6. The van der Waals surface area contributed by atoms with E-state index in [4.69, 9.17) is 20.9 Å². The lowest BCUT2D eigenvalue weighted by atomic mass is 10.0. The molecule has 7 nitrogen and oxygen atoms in total. The molecule has 3 heterocycles. The van der Waals surface area contributed by atoms with E-state index in [1.165, 1.54) is 10.9 Å². The van der Waals surface area contributed by atoms with Crippen LogP contribution in [0.5, 0.6) is 0 Å². The molecule has 0 unspecified atom stereocenters. The molecule has 200 valence electrons. The van der Waals surface area contributed by atoms with Gasteiger partial charge in [-0.2, -0.15) is 26.3 Å². The molecule has 38 heavy (non-hydrogen) atoms. The minimum atomic E-state index is -4.97. The summed E-state index contributed by atoms with van der Waals surface area (Å²) in [6.45, 7) is 1.09. The number of benzene rings is 2. The van der Waals surface area contributed by atoms with Crippen molar-refractivity contribution < 1.29 is 35.6 Å². The van der Waals surface area contributed by atoms with Crippen molar-refractivity contribution in [2.45, 2.75) is 18.9 Å². The van der Waals surface area contributed by atoms with Gasteiger partial charge in [0.05, 0.1) is 41.5 Å². The first-order chi connectivity index (χ1) is 18.0. The molecular formula is C24H18ClF6N5O2. The van der Waals surface area contributed by atoms with Gasteiger partial charge in [-0.15, -0.1) is 5.10 Å². The van der Waals surface area contributed by atoms with Crippen LogP contribution in [0.2, 0.25) is 5.02 Å². The number of nitrogens with zero attached hydrogens (tertiary/aromatic N) is 5. The predicted molar refractivity (Wildman–Crippen MR) is 125 cm³/mol. The Morgan fingerprint density at radius 2 is 1.53 bits per heavy atom. The van der Waals surface area contributed by atoms with Gasteiger partial charge in [0.15, 0.2) is 5.82 Å². The summed E-state index contributed by atoms with van der Waals surface area (Å²) in [4.78, 5) is 1.85. The van der Waals surface area contributed by atoms with Crippen molar-refractivity contribution in [2.75, 3.05) is 31.2 Å². The Balaban J connectivity index is 1.62. The van der Waals surface area contributed by atoms with Crippen molar-refractivity contribution in [3.05, 3.63) is 70.4 Å². The highest BCUT2D eigenvalue weighted by Gasteiger charge is 2.37. The van der Waals surface area contributed by atoms with Gasteiger partial charge in [0.1, 0.15) is 17.7 Å². The fraction of sp³-hybridized carbons (Fsp3) is 0.292. The number of anilines is 1. The summed E-state index contributed by atoms with van der Waals surface area (Å²) in [6, 6.07) is 8.33. The van der Waals surface area contributed by atoms with Gasteiger partial charge in [0.25, 0.3) is 0 Å². The van der Waals surface area contributed by atoms with E-state index < -0.39 is 30.0 Å². The summed E-state index contributed by atoms with van der Waals surface area (Å²) >= 11 is 6.35. The number of hydrogen-bond acceptors (Lipinski definition) is 6. The Kier molecular flexibility index (Phi) is 6.82. The minimum Gasteiger partial charge on any atom is -0.378 e. The third kappa shape index (κ3) is 5.20. The number of hydrogen-bond donors (Lipinski definition) is 0. The molecule has 0 saturated carbocycles. The van der Waals surface area contributed by atoms with Crippen LogP contribution in [0.4, 0.5) is 32.2 Å². The zero-order chi connectivity index (χ0) is 27.1. The van der Waals surface area contributed by atoms with Gasteiger partial charge < -0.3 is 14.2 Å². The molecular weight excluding hydrogens is 540 g/mol. The number of rotatable bonds is 5. The van der Waals surface area contributed by atoms with E-state index in [0.29, 0.717) is 66.1 Å². The molecule has 5 rings (SSSR count). The third-order valence-electron chi connectivity index (χ3n) is 5.95. The van der Waals surface area contributed by atoms with Crippen LogP contribution in [-0.4, -0.2) is 46.5 Å². The maximum atomic E-state index is 13.4. The smallest absolute Gasteiger partial charge is 0.378 e. The lowest BCUT2D eigenvalue weighted by Gasteiger charge is -2.29. The molecule has 1 aliphatic heterocycles. The molecule has 0 spiro atoms. The maximum absolute atomic E-state index is 13.4. The highest BCUT2D eigenvalue weighted by molar-refractivity contribution is 6.33. The first-order valence-electron chi connectivity index (χ1n) is 11.3. The van der Waals surface area contributed by atoms with E-state index >= 15 is 0 Å². The summed E-state index contributed by atoms with van der Waals surface area (Å²) in [7, 11) is 0. The molecule has 14 heteroatoms. The summed E-state index contributed by atoms with van der Waals surface area (Å²) in [6.07, 6.45) is -8.60. The Bertz CT molecular complexity index is 1410. The SMILES string of the molecule is FC(F)(F)c1cc(Cn2nnc(-c3conc3-c3ccccc3Cl)c2N2CCOCC2)cc(C(F)(F)F)c1. The van der Waals surface area contributed by atoms with Crippen LogP contribution in [0.25, 0.3) is 22.5 Å². The second kappa shape index (κ2) is 9.95. The topological polar surface area (TPSA) is 69.2 Å². The molecule has 0 N–H and O–H groups in total. The maximum Gasteiger partial charge on any atom is 0.416 e. The minimum absolute atomic E-state index is 0.0895. The van der Waals surface area contributed by atoms with Gasteiger partial charge in [-0.05, 0) is 29.8 Å². The largest absolute Gasteiger partial charge is 0.416 e. The fourth-order valence-corrected chi connectivity index (χ4v) is 4.44. The molecule has 1 aliphatic rings. The highest BCUT2D eigenvalue weighted by Crippen LogP contribution is 2.40. The monoisotopic (exact) mass is 557 g/mol.